The number of H-pyrrole nitrogens is 1. The van der Waals surface area contributed by atoms with Crippen molar-refractivity contribution in [3.8, 4) is 11.4 Å². The lowest BCUT2D eigenvalue weighted by Crippen LogP contribution is -2.51. The van der Waals surface area contributed by atoms with Crippen LogP contribution in [0.25, 0.3) is 11.4 Å². The fourth-order valence-electron chi connectivity index (χ4n) is 2.78. The molecule has 0 aliphatic rings. The Morgan fingerprint density at radius 2 is 2.15 bits per heavy atom. The number of carboxylic acid groups (broad SMARTS) is 1. The zero-order chi connectivity index (χ0) is 20.0. The maximum Gasteiger partial charge on any atom is 0.305 e. The van der Waals surface area contributed by atoms with E-state index >= 15 is 0 Å². The van der Waals surface area contributed by atoms with Gasteiger partial charge in [0.2, 0.25) is 5.91 Å². The number of pyridine rings is 1. The summed E-state index contributed by atoms with van der Waals surface area (Å²) in [6.45, 7) is 3.24. The molecule has 2 aromatic heterocycles. The fraction of sp³-hybridized carbons (Fsp3) is 0.389. The first kappa shape index (κ1) is 20.2. The van der Waals surface area contributed by atoms with Gasteiger partial charge in [-0.05, 0) is 26.0 Å². The number of aromatic amines is 1. The zero-order valence-electron chi connectivity index (χ0n) is 15.4. The molecule has 0 aromatic carbocycles. The molecule has 9 nitrogen and oxygen atoms in total. The number of methoxy groups -OCH3 is 1. The quantitative estimate of drug-likeness (QED) is 0.618. The largest absolute Gasteiger partial charge is 0.481 e. The van der Waals surface area contributed by atoms with Gasteiger partial charge in [0.05, 0.1) is 25.0 Å². The topological polar surface area (TPSA) is 134 Å². The second kappa shape index (κ2) is 8.54. The van der Waals surface area contributed by atoms with Crippen molar-refractivity contribution in [2.75, 3.05) is 13.7 Å². The number of aryl methyl sites for hydroxylation is 1. The molecule has 0 spiro atoms. The van der Waals surface area contributed by atoms with Gasteiger partial charge in [0.1, 0.15) is 5.82 Å². The summed E-state index contributed by atoms with van der Waals surface area (Å²) in [5.41, 5.74) is -0.220. The van der Waals surface area contributed by atoms with E-state index in [-0.39, 0.29) is 25.0 Å². The highest BCUT2D eigenvalue weighted by atomic mass is 16.5. The number of rotatable bonds is 8. The number of aliphatic carboxylic acids is 1. The van der Waals surface area contributed by atoms with Crippen LogP contribution in [0.3, 0.4) is 0 Å². The fourth-order valence-corrected chi connectivity index (χ4v) is 2.78. The van der Waals surface area contributed by atoms with Crippen LogP contribution in [0.15, 0.2) is 29.3 Å². The number of carboxylic acids is 1. The van der Waals surface area contributed by atoms with Gasteiger partial charge in [-0.15, -0.1) is 0 Å². The van der Waals surface area contributed by atoms with Gasteiger partial charge in [0.25, 0.3) is 5.56 Å². The second-order valence-corrected chi connectivity index (χ2v) is 6.51. The van der Waals surface area contributed by atoms with Crippen molar-refractivity contribution in [3.05, 3.63) is 46.1 Å². The number of carbonyl (C=O) groups is 2. The summed E-state index contributed by atoms with van der Waals surface area (Å²) < 4.78 is 5.01. The van der Waals surface area contributed by atoms with Crippen molar-refractivity contribution in [3.63, 3.8) is 0 Å². The Balaban J connectivity index is 2.20. The maximum absolute atomic E-state index is 12.4. The lowest BCUT2D eigenvalue weighted by atomic mass is 9.98. The standard InChI is InChI=1S/C18H22N4O5/c1-11-13(7-14(23)22-18(2,10-27-3)8-15(24)25)17(26)21-16(20-11)12-5-4-6-19-9-12/h4-6,9H,7-8,10H2,1-3H3,(H,22,23)(H,24,25)(H,20,21,26). The molecule has 0 fully saturated rings. The number of carbonyl (C=O) groups excluding carboxylic acids is 1. The van der Waals surface area contributed by atoms with Gasteiger partial charge in [-0.25, -0.2) is 4.98 Å². The highest BCUT2D eigenvalue weighted by Crippen LogP contribution is 2.14. The van der Waals surface area contributed by atoms with E-state index in [2.05, 4.69) is 20.3 Å². The molecule has 0 saturated carbocycles. The third kappa shape index (κ3) is 5.45. The van der Waals surface area contributed by atoms with E-state index in [0.717, 1.165) is 0 Å². The van der Waals surface area contributed by atoms with Gasteiger partial charge in [0, 0.05) is 36.3 Å². The SMILES string of the molecule is COCC(C)(CC(=O)O)NC(=O)Cc1c(C)nc(-c2cccnc2)[nH]c1=O. The maximum atomic E-state index is 12.4. The van der Waals surface area contributed by atoms with E-state index in [1.165, 1.54) is 7.11 Å². The highest BCUT2D eigenvalue weighted by molar-refractivity contribution is 5.80. The first-order valence-electron chi connectivity index (χ1n) is 8.26. The number of amides is 1. The van der Waals surface area contributed by atoms with Crippen molar-refractivity contribution >= 4 is 11.9 Å². The van der Waals surface area contributed by atoms with Crippen LogP contribution in [0.4, 0.5) is 0 Å². The Hall–Kier alpha value is -3.07. The molecule has 0 aliphatic carbocycles. The average molecular weight is 374 g/mol. The molecule has 27 heavy (non-hydrogen) atoms. The van der Waals surface area contributed by atoms with Gasteiger partial charge in [0.15, 0.2) is 0 Å². The molecule has 3 N–H and O–H groups in total. The summed E-state index contributed by atoms with van der Waals surface area (Å²) in [6, 6.07) is 3.49. The number of nitrogens with zero attached hydrogens (tertiary/aromatic N) is 2. The molecular weight excluding hydrogens is 352 g/mol. The van der Waals surface area contributed by atoms with Crippen LogP contribution in [0.1, 0.15) is 24.6 Å². The van der Waals surface area contributed by atoms with Crippen LogP contribution in [0, 0.1) is 6.92 Å². The number of aromatic nitrogens is 3. The van der Waals surface area contributed by atoms with Crippen LogP contribution in [0.2, 0.25) is 0 Å². The van der Waals surface area contributed by atoms with Crippen molar-refractivity contribution in [1.29, 1.82) is 0 Å². The molecular formula is C18H22N4O5. The third-order valence-electron chi connectivity index (χ3n) is 3.94. The average Bonchev–Trinajstić information content (AvgIpc) is 2.58. The van der Waals surface area contributed by atoms with Gasteiger partial charge < -0.3 is 20.1 Å². The number of hydrogen-bond acceptors (Lipinski definition) is 6. The van der Waals surface area contributed by atoms with Crippen LogP contribution >= 0.6 is 0 Å². The van der Waals surface area contributed by atoms with E-state index in [9.17, 15) is 14.4 Å². The minimum Gasteiger partial charge on any atom is -0.481 e. The van der Waals surface area contributed by atoms with Crippen LogP contribution in [-0.4, -0.2) is 51.2 Å². The molecule has 2 heterocycles. The molecule has 0 radical (unpaired) electrons. The van der Waals surface area contributed by atoms with Crippen molar-refractivity contribution in [2.24, 2.45) is 0 Å². The highest BCUT2D eigenvalue weighted by Gasteiger charge is 2.30. The number of nitrogens with one attached hydrogen (secondary N) is 2. The summed E-state index contributed by atoms with van der Waals surface area (Å²) in [7, 11) is 1.42. The van der Waals surface area contributed by atoms with Crippen LogP contribution in [-0.2, 0) is 20.7 Å². The predicted molar refractivity (Wildman–Crippen MR) is 97.2 cm³/mol. The van der Waals surface area contributed by atoms with Gasteiger partial charge in [-0.1, -0.05) is 0 Å². The summed E-state index contributed by atoms with van der Waals surface area (Å²) in [5.74, 6) is -1.18. The second-order valence-electron chi connectivity index (χ2n) is 6.51. The van der Waals surface area contributed by atoms with E-state index in [1.807, 2.05) is 0 Å². The summed E-state index contributed by atoms with van der Waals surface area (Å²) in [4.78, 5) is 46.8. The zero-order valence-corrected chi connectivity index (χ0v) is 15.4. The number of ether oxygens (including phenoxy) is 1. The molecule has 144 valence electrons. The van der Waals surface area contributed by atoms with Gasteiger partial charge >= 0.3 is 5.97 Å². The van der Waals surface area contributed by atoms with Crippen molar-refractivity contribution < 1.29 is 19.4 Å². The molecule has 1 unspecified atom stereocenters. The van der Waals surface area contributed by atoms with Crippen molar-refractivity contribution in [1.82, 2.24) is 20.3 Å². The van der Waals surface area contributed by atoms with E-state index in [0.29, 0.717) is 17.1 Å². The minimum atomic E-state index is -1.08. The van der Waals surface area contributed by atoms with Gasteiger partial charge in [-0.2, -0.15) is 0 Å². The van der Waals surface area contributed by atoms with E-state index < -0.39 is 23.0 Å². The van der Waals surface area contributed by atoms with Crippen LogP contribution in [0.5, 0.6) is 0 Å². The third-order valence-corrected chi connectivity index (χ3v) is 3.94. The molecule has 0 saturated heterocycles. The molecule has 1 atom stereocenters. The molecule has 0 bridgehead atoms. The normalized spacial score (nSPS) is 13.0. The number of hydrogen-bond donors (Lipinski definition) is 3. The smallest absolute Gasteiger partial charge is 0.305 e. The van der Waals surface area contributed by atoms with E-state index in [1.54, 1.807) is 38.4 Å². The summed E-state index contributed by atoms with van der Waals surface area (Å²) in [5, 5.41) is 11.7. The first-order chi connectivity index (χ1) is 12.7. The molecule has 2 aromatic rings. The predicted octanol–water partition coefficient (Wildman–Crippen LogP) is 0.679. The molecule has 1 amide bonds. The Morgan fingerprint density at radius 1 is 1.41 bits per heavy atom. The molecule has 2 rings (SSSR count). The first-order valence-corrected chi connectivity index (χ1v) is 8.26. The minimum absolute atomic E-state index is 0.0264. The van der Waals surface area contributed by atoms with Gasteiger partial charge in [-0.3, -0.25) is 19.4 Å². The Morgan fingerprint density at radius 3 is 2.70 bits per heavy atom. The van der Waals surface area contributed by atoms with E-state index in [4.69, 9.17) is 9.84 Å². The summed E-state index contributed by atoms with van der Waals surface area (Å²) in [6.07, 6.45) is 2.66. The monoisotopic (exact) mass is 374 g/mol. The summed E-state index contributed by atoms with van der Waals surface area (Å²) >= 11 is 0. The Kier molecular flexibility index (Phi) is 6.40. The van der Waals surface area contributed by atoms with Crippen molar-refractivity contribution in [2.45, 2.75) is 32.2 Å². The molecule has 0 aliphatic heterocycles. The van der Waals surface area contributed by atoms with Crippen LogP contribution < -0.4 is 10.9 Å². The Bertz CT molecular complexity index is 881. The lowest BCUT2D eigenvalue weighted by molar-refractivity contribution is -0.139. The lowest BCUT2D eigenvalue weighted by Gasteiger charge is -2.28. The Labute approximate surface area is 155 Å². The molecule has 9 heteroatoms.